The third-order valence-electron chi connectivity index (χ3n) is 2.26. The zero-order valence-corrected chi connectivity index (χ0v) is 10.9. The Kier molecular flexibility index (Phi) is 3.84. The minimum absolute atomic E-state index is 0.269. The number of halogens is 1. The molecule has 0 unspecified atom stereocenters. The van der Waals surface area contributed by atoms with Crippen LogP contribution in [0.1, 0.15) is 0 Å². The van der Waals surface area contributed by atoms with Gasteiger partial charge in [-0.1, -0.05) is 30.3 Å². The van der Waals surface area contributed by atoms with Crippen molar-refractivity contribution < 1.29 is 14.6 Å². The number of nitrogens with zero attached hydrogens (tertiary/aromatic N) is 1. The van der Waals surface area contributed by atoms with E-state index in [0.29, 0.717) is 5.69 Å². The van der Waals surface area contributed by atoms with Crippen LogP contribution in [0.2, 0.25) is 0 Å². The maximum Gasteiger partial charge on any atom is 0.511 e. The van der Waals surface area contributed by atoms with E-state index in [1.165, 1.54) is 0 Å². The molecule has 2 aromatic rings. The molecule has 0 amide bonds. The second kappa shape index (κ2) is 5.55. The van der Waals surface area contributed by atoms with E-state index in [1.807, 2.05) is 30.3 Å². The van der Waals surface area contributed by atoms with Gasteiger partial charge in [0, 0.05) is 0 Å². The van der Waals surface area contributed by atoms with Crippen molar-refractivity contribution in [1.29, 1.82) is 0 Å². The molecule has 0 radical (unpaired) electrons. The van der Waals surface area contributed by atoms with E-state index in [0.717, 1.165) is 5.69 Å². The van der Waals surface area contributed by atoms with Crippen LogP contribution in [0.5, 0.6) is 5.75 Å². The van der Waals surface area contributed by atoms with Gasteiger partial charge in [0.15, 0.2) is 5.75 Å². The highest BCUT2D eigenvalue weighted by atomic mass is 79.9. The van der Waals surface area contributed by atoms with Crippen LogP contribution in [-0.2, 0) is 0 Å². The topological polar surface area (TPSA) is 49.8 Å². The van der Waals surface area contributed by atoms with Gasteiger partial charge in [-0.15, -0.1) is 0 Å². The van der Waals surface area contributed by atoms with Gasteiger partial charge in [0.2, 0.25) is 0 Å². The Morgan fingerprint density at radius 3 is 2.33 bits per heavy atom. The molecule has 92 valence electrons. The molecule has 0 atom stereocenters. The summed E-state index contributed by atoms with van der Waals surface area (Å²) in [6, 6.07) is 16.4. The summed E-state index contributed by atoms with van der Waals surface area (Å²) in [5, 5.41) is 8.69. The highest BCUT2D eigenvalue weighted by Gasteiger charge is 2.13. The second-order valence-corrected chi connectivity index (χ2v) is 4.16. The van der Waals surface area contributed by atoms with Crippen molar-refractivity contribution in [1.82, 2.24) is 0 Å². The molecule has 0 aliphatic rings. The predicted molar refractivity (Wildman–Crippen MR) is 72.6 cm³/mol. The molecular formula is C13H10BrNO3. The van der Waals surface area contributed by atoms with E-state index in [9.17, 15) is 4.79 Å². The number of hydrogen-bond donors (Lipinski definition) is 1. The molecule has 0 aliphatic heterocycles. The van der Waals surface area contributed by atoms with Gasteiger partial charge in [0.25, 0.3) is 0 Å². The summed E-state index contributed by atoms with van der Waals surface area (Å²) >= 11 is 3.40. The molecule has 4 nitrogen and oxygen atoms in total. The van der Waals surface area contributed by atoms with Crippen molar-refractivity contribution in [2.75, 3.05) is 3.93 Å². The number of para-hydroxylation sites is 3. The molecule has 18 heavy (non-hydrogen) atoms. The fourth-order valence-corrected chi connectivity index (χ4v) is 2.03. The Labute approximate surface area is 113 Å². The molecule has 0 spiro atoms. The second-order valence-electron chi connectivity index (χ2n) is 3.45. The van der Waals surface area contributed by atoms with Crippen molar-refractivity contribution in [2.45, 2.75) is 0 Å². The minimum atomic E-state index is -1.34. The number of carbonyl (C=O) groups is 1. The Balaban J connectivity index is 2.36. The molecule has 5 heteroatoms. The first-order valence-corrected chi connectivity index (χ1v) is 5.90. The van der Waals surface area contributed by atoms with E-state index in [4.69, 9.17) is 9.84 Å². The van der Waals surface area contributed by atoms with Gasteiger partial charge in [-0.2, -0.15) is 0 Å². The lowest BCUT2D eigenvalue weighted by molar-refractivity contribution is 0.144. The summed E-state index contributed by atoms with van der Waals surface area (Å²) in [6.07, 6.45) is -1.34. The van der Waals surface area contributed by atoms with Crippen LogP contribution < -0.4 is 8.66 Å². The molecule has 0 fully saturated rings. The molecule has 0 saturated heterocycles. The van der Waals surface area contributed by atoms with Gasteiger partial charge in [0.05, 0.1) is 27.5 Å². The third-order valence-corrected chi connectivity index (χ3v) is 3.05. The fourth-order valence-electron chi connectivity index (χ4n) is 1.50. The van der Waals surface area contributed by atoms with E-state index in [2.05, 4.69) is 16.1 Å². The number of ether oxygens (including phenoxy) is 1. The third kappa shape index (κ3) is 2.81. The lowest BCUT2D eigenvalue weighted by Gasteiger charge is -2.18. The molecule has 0 bridgehead atoms. The minimum Gasteiger partial charge on any atom is -0.449 e. The predicted octanol–water partition coefficient (Wildman–Crippen LogP) is 4.19. The molecule has 0 aliphatic carbocycles. The molecule has 0 aromatic heterocycles. The van der Waals surface area contributed by atoms with Crippen molar-refractivity contribution >= 4 is 33.7 Å². The smallest absolute Gasteiger partial charge is 0.449 e. The number of rotatable bonds is 3. The summed E-state index contributed by atoms with van der Waals surface area (Å²) in [5.74, 6) is 0.269. The van der Waals surface area contributed by atoms with Crippen LogP contribution in [0.25, 0.3) is 0 Å². The number of hydrogen-bond acceptors (Lipinski definition) is 3. The number of anilines is 2. The van der Waals surface area contributed by atoms with E-state index < -0.39 is 6.16 Å². The van der Waals surface area contributed by atoms with E-state index in [1.54, 1.807) is 28.2 Å². The quantitative estimate of drug-likeness (QED) is 0.525. The van der Waals surface area contributed by atoms with Crippen molar-refractivity contribution in [3.8, 4) is 5.75 Å². The largest absolute Gasteiger partial charge is 0.511 e. The first-order chi connectivity index (χ1) is 8.68. The van der Waals surface area contributed by atoms with Crippen LogP contribution in [-0.4, -0.2) is 11.3 Å². The van der Waals surface area contributed by atoms with Crippen molar-refractivity contribution in [3.63, 3.8) is 0 Å². The maximum absolute atomic E-state index is 10.6. The molecule has 0 heterocycles. The van der Waals surface area contributed by atoms with E-state index in [-0.39, 0.29) is 5.75 Å². The lowest BCUT2D eigenvalue weighted by Crippen LogP contribution is -2.08. The zero-order chi connectivity index (χ0) is 13.0. The highest BCUT2D eigenvalue weighted by Crippen LogP contribution is 2.36. The normalized spacial score (nSPS) is 9.83. The number of carboxylic acid groups (broad SMARTS) is 1. The summed E-state index contributed by atoms with van der Waals surface area (Å²) in [4.78, 5) is 10.6. The zero-order valence-electron chi connectivity index (χ0n) is 9.29. The average molecular weight is 308 g/mol. The van der Waals surface area contributed by atoms with E-state index >= 15 is 0 Å². The maximum atomic E-state index is 10.6. The highest BCUT2D eigenvalue weighted by molar-refractivity contribution is 9.10. The molecule has 2 aromatic carbocycles. The molecular weight excluding hydrogens is 298 g/mol. The van der Waals surface area contributed by atoms with Gasteiger partial charge in [-0.25, -0.2) is 4.79 Å². The molecule has 2 rings (SSSR count). The summed E-state index contributed by atoms with van der Waals surface area (Å²) < 4.78 is 6.42. The summed E-state index contributed by atoms with van der Waals surface area (Å²) in [7, 11) is 0. The van der Waals surface area contributed by atoms with Crippen molar-refractivity contribution in [3.05, 3.63) is 54.6 Å². The first kappa shape index (κ1) is 12.4. The standard InChI is InChI=1S/C13H10BrNO3/c14-15(10-6-2-1-3-7-10)11-8-4-5-9-12(11)18-13(16)17/h1-9H,(H,16,17). The monoisotopic (exact) mass is 307 g/mol. The lowest BCUT2D eigenvalue weighted by atomic mass is 10.2. The Hall–Kier alpha value is -2.01. The van der Waals surface area contributed by atoms with Gasteiger partial charge >= 0.3 is 6.16 Å². The number of benzene rings is 2. The van der Waals surface area contributed by atoms with Gasteiger partial charge in [-0.05, 0) is 24.3 Å². The van der Waals surface area contributed by atoms with Crippen LogP contribution in [0.3, 0.4) is 0 Å². The SMILES string of the molecule is O=C(O)Oc1ccccc1N(Br)c1ccccc1. The Bertz CT molecular complexity index is 545. The van der Waals surface area contributed by atoms with Gasteiger partial charge in [-0.3, -0.25) is 3.93 Å². The first-order valence-electron chi connectivity index (χ1n) is 5.19. The summed E-state index contributed by atoms with van der Waals surface area (Å²) in [5.41, 5.74) is 1.49. The van der Waals surface area contributed by atoms with Gasteiger partial charge in [0.1, 0.15) is 0 Å². The summed E-state index contributed by atoms with van der Waals surface area (Å²) in [6.45, 7) is 0. The Morgan fingerprint density at radius 2 is 1.67 bits per heavy atom. The van der Waals surface area contributed by atoms with Crippen LogP contribution in [0.15, 0.2) is 54.6 Å². The van der Waals surface area contributed by atoms with Gasteiger partial charge < -0.3 is 9.84 Å². The Morgan fingerprint density at radius 1 is 1.06 bits per heavy atom. The van der Waals surface area contributed by atoms with Crippen LogP contribution in [0, 0.1) is 0 Å². The molecule has 1 N–H and O–H groups in total. The van der Waals surface area contributed by atoms with Crippen LogP contribution in [0.4, 0.5) is 16.2 Å². The fraction of sp³-hybridized carbons (Fsp3) is 0. The van der Waals surface area contributed by atoms with Crippen molar-refractivity contribution in [2.24, 2.45) is 0 Å². The molecule has 0 saturated carbocycles. The average Bonchev–Trinajstić information content (AvgIpc) is 2.39. The van der Waals surface area contributed by atoms with Crippen LogP contribution >= 0.6 is 16.1 Å².